The molecule has 2 aromatic rings. The molecule has 0 bridgehead atoms. The van der Waals surface area contributed by atoms with Gasteiger partial charge in [0.1, 0.15) is 0 Å². The van der Waals surface area contributed by atoms with Crippen LogP contribution >= 0.6 is 0 Å². The number of anilines is 2. The third-order valence-corrected chi connectivity index (χ3v) is 5.59. The molecule has 1 aliphatic heterocycles. The Morgan fingerprint density at radius 3 is 2.25 bits per heavy atom. The zero-order valence-electron chi connectivity index (χ0n) is 18.8. The normalized spacial score (nSPS) is 15.7. The van der Waals surface area contributed by atoms with Crippen molar-refractivity contribution in [1.82, 2.24) is 10.2 Å². The fourth-order valence-corrected chi connectivity index (χ4v) is 3.77. The summed E-state index contributed by atoms with van der Waals surface area (Å²) >= 11 is 0. The first-order valence-electron chi connectivity index (χ1n) is 11.3. The van der Waals surface area contributed by atoms with Crippen molar-refractivity contribution >= 4 is 29.2 Å². The lowest BCUT2D eigenvalue weighted by atomic mass is 10.0. The van der Waals surface area contributed by atoms with E-state index >= 15 is 0 Å². The maximum atomic E-state index is 12.7. The van der Waals surface area contributed by atoms with Gasteiger partial charge in [0.2, 0.25) is 5.91 Å². The number of amides is 4. The highest BCUT2D eigenvalue weighted by molar-refractivity contribution is 5.96. The number of hydrogen-bond acceptors (Lipinski definition) is 3. The fourth-order valence-electron chi connectivity index (χ4n) is 3.77. The SMILES string of the molecule is CCCNC(=O)Nc1ccc(CC(=O)Nc2ccc(C(=O)N3CCCCC3C)cc2)cc1. The standard InChI is InChI=1S/C25H32N4O3/c1-3-15-26-25(32)28-22-11-7-19(8-12-22)17-23(30)27-21-13-9-20(10-14-21)24(31)29-16-5-4-6-18(29)2/h7-14,18H,3-6,15-17H2,1-2H3,(H,27,30)(H2,26,28,32). The van der Waals surface area contributed by atoms with E-state index in [2.05, 4.69) is 22.9 Å². The van der Waals surface area contributed by atoms with Gasteiger partial charge in [-0.1, -0.05) is 19.1 Å². The molecular weight excluding hydrogens is 404 g/mol. The third-order valence-electron chi connectivity index (χ3n) is 5.59. The molecule has 1 unspecified atom stereocenters. The maximum Gasteiger partial charge on any atom is 0.319 e. The smallest absolute Gasteiger partial charge is 0.319 e. The topological polar surface area (TPSA) is 90.5 Å². The Morgan fingerprint density at radius 2 is 1.59 bits per heavy atom. The Labute approximate surface area is 189 Å². The minimum absolute atomic E-state index is 0.0483. The average molecular weight is 437 g/mol. The van der Waals surface area contributed by atoms with Crippen molar-refractivity contribution in [3.8, 4) is 0 Å². The van der Waals surface area contributed by atoms with Gasteiger partial charge in [0.05, 0.1) is 6.42 Å². The molecule has 1 atom stereocenters. The van der Waals surface area contributed by atoms with E-state index in [1.807, 2.05) is 24.0 Å². The van der Waals surface area contributed by atoms with Crippen LogP contribution in [0.15, 0.2) is 48.5 Å². The lowest BCUT2D eigenvalue weighted by Gasteiger charge is -2.33. The van der Waals surface area contributed by atoms with Crippen LogP contribution in [0.2, 0.25) is 0 Å². The second-order valence-corrected chi connectivity index (χ2v) is 8.22. The zero-order valence-corrected chi connectivity index (χ0v) is 18.8. The minimum atomic E-state index is -0.242. The van der Waals surface area contributed by atoms with Crippen LogP contribution in [0, 0.1) is 0 Å². The van der Waals surface area contributed by atoms with Gasteiger partial charge in [-0.2, -0.15) is 0 Å². The molecule has 170 valence electrons. The first-order chi connectivity index (χ1) is 15.5. The highest BCUT2D eigenvalue weighted by Crippen LogP contribution is 2.20. The summed E-state index contributed by atoms with van der Waals surface area (Å²) < 4.78 is 0. The Hall–Kier alpha value is -3.35. The van der Waals surface area contributed by atoms with E-state index in [9.17, 15) is 14.4 Å². The van der Waals surface area contributed by atoms with E-state index in [1.165, 1.54) is 6.42 Å². The first kappa shape index (κ1) is 23.3. The number of rotatable bonds is 7. The number of likely N-dealkylation sites (tertiary alicyclic amines) is 1. The number of urea groups is 1. The van der Waals surface area contributed by atoms with Crippen LogP contribution in [0.4, 0.5) is 16.2 Å². The Morgan fingerprint density at radius 1 is 0.938 bits per heavy atom. The molecule has 0 radical (unpaired) electrons. The van der Waals surface area contributed by atoms with E-state index in [4.69, 9.17) is 0 Å². The van der Waals surface area contributed by atoms with Crippen molar-refractivity contribution in [3.63, 3.8) is 0 Å². The quantitative estimate of drug-likeness (QED) is 0.600. The third kappa shape index (κ3) is 6.57. The summed E-state index contributed by atoms with van der Waals surface area (Å²) in [6.45, 7) is 5.51. The molecule has 1 saturated heterocycles. The van der Waals surface area contributed by atoms with Gasteiger partial charge >= 0.3 is 6.03 Å². The summed E-state index contributed by atoms with van der Waals surface area (Å²) in [4.78, 5) is 38.8. The molecule has 7 nitrogen and oxygen atoms in total. The number of nitrogens with zero attached hydrogens (tertiary/aromatic N) is 1. The van der Waals surface area contributed by atoms with Crippen LogP contribution in [-0.2, 0) is 11.2 Å². The van der Waals surface area contributed by atoms with Gasteiger partial charge in [-0.25, -0.2) is 4.79 Å². The van der Waals surface area contributed by atoms with Gasteiger partial charge in [-0.15, -0.1) is 0 Å². The van der Waals surface area contributed by atoms with E-state index in [1.54, 1.807) is 36.4 Å². The van der Waals surface area contributed by atoms with Crippen LogP contribution in [0.25, 0.3) is 0 Å². The lowest BCUT2D eigenvalue weighted by molar-refractivity contribution is -0.115. The molecule has 7 heteroatoms. The molecule has 0 aliphatic carbocycles. The van der Waals surface area contributed by atoms with Gasteiger partial charge in [0.15, 0.2) is 0 Å². The van der Waals surface area contributed by atoms with Crippen LogP contribution in [0.5, 0.6) is 0 Å². The summed E-state index contributed by atoms with van der Waals surface area (Å²) in [7, 11) is 0. The number of carbonyl (C=O) groups excluding carboxylic acids is 3. The van der Waals surface area contributed by atoms with Crippen molar-refractivity contribution in [2.24, 2.45) is 0 Å². The molecule has 0 aromatic heterocycles. The number of carbonyl (C=O) groups is 3. The fraction of sp³-hybridized carbons (Fsp3) is 0.400. The number of benzene rings is 2. The largest absolute Gasteiger partial charge is 0.338 e. The van der Waals surface area contributed by atoms with Crippen molar-refractivity contribution in [1.29, 1.82) is 0 Å². The monoisotopic (exact) mass is 436 g/mol. The van der Waals surface area contributed by atoms with Gasteiger partial charge in [-0.05, 0) is 74.6 Å². The van der Waals surface area contributed by atoms with Gasteiger partial charge in [0, 0.05) is 36.1 Å². The molecule has 1 fully saturated rings. The van der Waals surface area contributed by atoms with Crippen molar-refractivity contribution in [3.05, 3.63) is 59.7 Å². The summed E-state index contributed by atoms with van der Waals surface area (Å²) in [5, 5.41) is 8.38. The van der Waals surface area contributed by atoms with E-state index in [0.717, 1.165) is 31.4 Å². The second kappa shape index (κ2) is 11.3. The molecule has 0 saturated carbocycles. The summed E-state index contributed by atoms with van der Waals surface area (Å²) in [6.07, 6.45) is 4.35. The second-order valence-electron chi connectivity index (χ2n) is 8.22. The minimum Gasteiger partial charge on any atom is -0.338 e. The predicted octanol–water partition coefficient (Wildman–Crippen LogP) is 4.41. The molecular formula is C25H32N4O3. The van der Waals surface area contributed by atoms with Crippen molar-refractivity contribution in [2.45, 2.75) is 52.0 Å². The predicted molar refractivity (Wildman–Crippen MR) is 127 cm³/mol. The lowest BCUT2D eigenvalue weighted by Crippen LogP contribution is -2.42. The molecule has 32 heavy (non-hydrogen) atoms. The number of nitrogens with one attached hydrogen (secondary N) is 3. The summed E-state index contributed by atoms with van der Waals surface area (Å²) in [6, 6.07) is 14.3. The van der Waals surface area contributed by atoms with E-state index in [-0.39, 0.29) is 30.3 Å². The molecule has 3 N–H and O–H groups in total. The highest BCUT2D eigenvalue weighted by atomic mass is 16.2. The Balaban J connectivity index is 1.50. The zero-order chi connectivity index (χ0) is 22.9. The molecule has 0 spiro atoms. The van der Waals surface area contributed by atoms with Crippen molar-refractivity contribution < 1.29 is 14.4 Å². The van der Waals surface area contributed by atoms with Crippen molar-refractivity contribution in [2.75, 3.05) is 23.7 Å². The molecule has 3 rings (SSSR count). The summed E-state index contributed by atoms with van der Waals surface area (Å²) in [5.74, 6) is -0.0951. The van der Waals surface area contributed by atoms with Crippen LogP contribution in [0.1, 0.15) is 55.5 Å². The highest BCUT2D eigenvalue weighted by Gasteiger charge is 2.24. The first-order valence-corrected chi connectivity index (χ1v) is 11.3. The average Bonchev–Trinajstić information content (AvgIpc) is 2.79. The van der Waals surface area contributed by atoms with Crippen LogP contribution in [-0.4, -0.2) is 41.9 Å². The van der Waals surface area contributed by atoms with Crippen LogP contribution in [0.3, 0.4) is 0 Å². The van der Waals surface area contributed by atoms with Crippen LogP contribution < -0.4 is 16.0 Å². The summed E-state index contributed by atoms with van der Waals surface area (Å²) in [5.41, 5.74) is 2.81. The van der Waals surface area contributed by atoms with Gasteiger partial charge < -0.3 is 20.9 Å². The molecule has 1 aliphatic rings. The van der Waals surface area contributed by atoms with Gasteiger partial charge in [0.25, 0.3) is 5.91 Å². The Bertz CT molecular complexity index is 925. The Kier molecular flexibility index (Phi) is 8.25. The molecule has 4 amide bonds. The molecule has 2 aromatic carbocycles. The number of hydrogen-bond donors (Lipinski definition) is 3. The molecule has 1 heterocycles. The maximum absolute atomic E-state index is 12.7. The van der Waals surface area contributed by atoms with E-state index < -0.39 is 0 Å². The van der Waals surface area contributed by atoms with E-state index in [0.29, 0.717) is 23.5 Å². The number of piperidine rings is 1. The van der Waals surface area contributed by atoms with Gasteiger partial charge in [-0.3, -0.25) is 9.59 Å².